The van der Waals surface area contributed by atoms with Crippen LogP contribution in [0.15, 0.2) is 36.5 Å². The molecule has 5 heteroatoms. The normalized spacial score (nSPS) is 10.1. The summed E-state index contributed by atoms with van der Waals surface area (Å²) in [6.07, 6.45) is 1.36. The van der Waals surface area contributed by atoms with Gasteiger partial charge in [0.25, 0.3) is 0 Å². The van der Waals surface area contributed by atoms with Gasteiger partial charge in [0.1, 0.15) is 5.75 Å². The highest BCUT2D eigenvalue weighted by Crippen LogP contribution is 2.19. The maximum Gasteiger partial charge on any atom is 0.309 e. The number of hydrogen-bond acceptors (Lipinski definition) is 4. The molecule has 0 aliphatic heterocycles. The number of aromatic nitrogens is 2. The second-order valence-electron chi connectivity index (χ2n) is 3.49. The molecule has 2 N–H and O–H groups in total. The molecule has 0 fully saturated rings. The number of rotatable bonds is 3. The van der Waals surface area contributed by atoms with Gasteiger partial charge in [-0.15, -0.1) is 0 Å². The van der Waals surface area contributed by atoms with E-state index in [0.29, 0.717) is 17.1 Å². The Hall–Kier alpha value is -2.43. The Morgan fingerprint density at radius 2 is 2.12 bits per heavy atom. The maximum absolute atomic E-state index is 10.6. The molecule has 0 aliphatic carbocycles. The second kappa shape index (κ2) is 4.61. The second-order valence-corrected chi connectivity index (χ2v) is 3.49. The van der Waals surface area contributed by atoms with Gasteiger partial charge in [-0.3, -0.25) is 4.79 Å². The van der Waals surface area contributed by atoms with Crippen LogP contribution in [0.2, 0.25) is 0 Å². The Bertz CT molecular complexity index is 555. The summed E-state index contributed by atoms with van der Waals surface area (Å²) in [7, 11) is 0. The third-order valence-electron chi connectivity index (χ3n) is 2.15. The molecule has 0 saturated carbocycles. The highest BCUT2D eigenvalue weighted by atomic mass is 16.4. The minimum absolute atomic E-state index is 0.120. The third kappa shape index (κ3) is 2.78. The maximum atomic E-state index is 10.6. The number of benzene rings is 1. The Morgan fingerprint density at radius 1 is 1.29 bits per heavy atom. The summed E-state index contributed by atoms with van der Waals surface area (Å²) >= 11 is 0. The Morgan fingerprint density at radius 3 is 2.82 bits per heavy atom. The number of nitrogens with zero attached hydrogens (tertiary/aromatic N) is 2. The number of aliphatic carboxylic acids is 1. The number of phenolic OH excluding ortho intramolecular Hbond substituents is 1. The lowest BCUT2D eigenvalue weighted by molar-refractivity contribution is -0.136. The monoisotopic (exact) mass is 230 g/mol. The Balaban J connectivity index is 2.36. The molecule has 0 saturated heterocycles. The molecule has 1 heterocycles. The SMILES string of the molecule is O=C(O)Cc1ccnc(-c2cccc(O)c2)n1. The molecule has 0 atom stereocenters. The number of carboxylic acid groups (broad SMARTS) is 1. The van der Waals surface area contributed by atoms with Crippen molar-refractivity contribution in [1.82, 2.24) is 9.97 Å². The molecular formula is C12H10N2O3. The number of aromatic hydroxyl groups is 1. The van der Waals surface area contributed by atoms with Crippen molar-refractivity contribution in [2.24, 2.45) is 0 Å². The van der Waals surface area contributed by atoms with Crippen LogP contribution in [0.3, 0.4) is 0 Å². The zero-order valence-electron chi connectivity index (χ0n) is 8.87. The van der Waals surface area contributed by atoms with Gasteiger partial charge in [0.05, 0.1) is 12.1 Å². The first kappa shape index (κ1) is 11.1. The van der Waals surface area contributed by atoms with Crippen molar-refractivity contribution < 1.29 is 15.0 Å². The molecule has 86 valence electrons. The highest BCUT2D eigenvalue weighted by Gasteiger charge is 2.06. The van der Waals surface area contributed by atoms with Crippen molar-refractivity contribution in [1.29, 1.82) is 0 Å². The molecule has 0 bridgehead atoms. The van der Waals surface area contributed by atoms with Gasteiger partial charge in [-0.1, -0.05) is 12.1 Å². The summed E-state index contributed by atoms with van der Waals surface area (Å²) in [6.45, 7) is 0. The minimum Gasteiger partial charge on any atom is -0.508 e. The minimum atomic E-state index is -0.939. The molecule has 0 amide bonds. The van der Waals surface area contributed by atoms with Crippen LogP contribution in [0.1, 0.15) is 5.69 Å². The van der Waals surface area contributed by atoms with Gasteiger partial charge in [0, 0.05) is 11.8 Å². The molecule has 0 aliphatic rings. The molecule has 2 rings (SSSR count). The standard InChI is InChI=1S/C12H10N2O3/c15-10-3-1-2-8(6-10)12-13-5-4-9(14-12)7-11(16)17/h1-6,15H,7H2,(H,16,17). The van der Waals surface area contributed by atoms with E-state index < -0.39 is 5.97 Å². The van der Waals surface area contributed by atoms with Gasteiger partial charge in [-0.25, -0.2) is 9.97 Å². The summed E-state index contributed by atoms with van der Waals surface area (Å²) in [5.41, 5.74) is 1.09. The van der Waals surface area contributed by atoms with Crippen LogP contribution in [0.4, 0.5) is 0 Å². The smallest absolute Gasteiger partial charge is 0.309 e. The number of phenols is 1. The molecule has 17 heavy (non-hydrogen) atoms. The summed E-state index contributed by atoms with van der Waals surface area (Å²) in [5, 5.41) is 18.0. The lowest BCUT2D eigenvalue weighted by Crippen LogP contribution is -2.03. The van der Waals surface area contributed by atoms with Gasteiger partial charge in [0.2, 0.25) is 0 Å². The van der Waals surface area contributed by atoms with E-state index in [-0.39, 0.29) is 12.2 Å². The van der Waals surface area contributed by atoms with Crippen molar-refractivity contribution >= 4 is 5.97 Å². The summed E-state index contributed by atoms with van der Waals surface area (Å²) < 4.78 is 0. The van der Waals surface area contributed by atoms with Crippen LogP contribution >= 0.6 is 0 Å². The van der Waals surface area contributed by atoms with Crippen molar-refractivity contribution in [2.75, 3.05) is 0 Å². The molecule has 0 radical (unpaired) electrons. The molecule has 1 aromatic carbocycles. The van der Waals surface area contributed by atoms with Crippen LogP contribution in [0.5, 0.6) is 5.75 Å². The molecule has 0 spiro atoms. The highest BCUT2D eigenvalue weighted by molar-refractivity contribution is 5.69. The summed E-state index contributed by atoms with van der Waals surface area (Å²) in [6, 6.07) is 8.06. The van der Waals surface area contributed by atoms with E-state index >= 15 is 0 Å². The van der Waals surface area contributed by atoms with E-state index in [1.807, 2.05) is 0 Å². The van der Waals surface area contributed by atoms with E-state index in [9.17, 15) is 9.90 Å². The Kier molecular flexibility index (Phi) is 3.00. The lowest BCUT2D eigenvalue weighted by Gasteiger charge is -2.02. The molecule has 1 aromatic heterocycles. The number of hydrogen-bond donors (Lipinski definition) is 2. The fourth-order valence-corrected chi connectivity index (χ4v) is 1.43. The van der Waals surface area contributed by atoms with Gasteiger partial charge in [0.15, 0.2) is 5.82 Å². The predicted molar refractivity (Wildman–Crippen MR) is 60.5 cm³/mol. The van der Waals surface area contributed by atoms with Crippen LogP contribution in [-0.2, 0) is 11.2 Å². The average Bonchev–Trinajstić information content (AvgIpc) is 2.28. The quantitative estimate of drug-likeness (QED) is 0.834. The van der Waals surface area contributed by atoms with Crippen LogP contribution in [0, 0.1) is 0 Å². The van der Waals surface area contributed by atoms with Gasteiger partial charge >= 0.3 is 5.97 Å². The first-order valence-electron chi connectivity index (χ1n) is 4.98. The largest absolute Gasteiger partial charge is 0.508 e. The molecule has 0 unspecified atom stereocenters. The number of carbonyl (C=O) groups is 1. The van der Waals surface area contributed by atoms with Crippen LogP contribution in [0.25, 0.3) is 11.4 Å². The molecular weight excluding hydrogens is 220 g/mol. The van der Waals surface area contributed by atoms with Crippen molar-refractivity contribution in [3.8, 4) is 17.1 Å². The topological polar surface area (TPSA) is 83.3 Å². The first-order valence-corrected chi connectivity index (χ1v) is 4.98. The van der Waals surface area contributed by atoms with Gasteiger partial charge in [-0.05, 0) is 18.2 Å². The van der Waals surface area contributed by atoms with E-state index in [1.165, 1.54) is 12.3 Å². The third-order valence-corrected chi connectivity index (χ3v) is 2.15. The predicted octanol–water partition coefficient (Wildman–Crippen LogP) is 1.48. The van der Waals surface area contributed by atoms with E-state index in [2.05, 4.69) is 9.97 Å². The summed E-state index contributed by atoms with van der Waals surface area (Å²) in [5.74, 6) is -0.417. The van der Waals surface area contributed by atoms with Crippen molar-refractivity contribution in [3.05, 3.63) is 42.2 Å². The Labute approximate surface area is 97.4 Å². The number of carboxylic acids is 1. The first-order chi connectivity index (χ1) is 8.15. The molecule has 2 aromatic rings. The van der Waals surface area contributed by atoms with Gasteiger partial charge in [-0.2, -0.15) is 0 Å². The average molecular weight is 230 g/mol. The van der Waals surface area contributed by atoms with Crippen LogP contribution in [-0.4, -0.2) is 26.2 Å². The molecule has 5 nitrogen and oxygen atoms in total. The van der Waals surface area contributed by atoms with E-state index in [4.69, 9.17) is 5.11 Å². The van der Waals surface area contributed by atoms with Crippen molar-refractivity contribution in [3.63, 3.8) is 0 Å². The van der Waals surface area contributed by atoms with E-state index in [0.717, 1.165) is 0 Å². The zero-order valence-corrected chi connectivity index (χ0v) is 8.87. The fraction of sp³-hybridized carbons (Fsp3) is 0.0833. The van der Waals surface area contributed by atoms with E-state index in [1.54, 1.807) is 24.3 Å². The fourth-order valence-electron chi connectivity index (χ4n) is 1.43. The zero-order chi connectivity index (χ0) is 12.3. The van der Waals surface area contributed by atoms with Crippen molar-refractivity contribution in [2.45, 2.75) is 6.42 Å². The van der Waals surface area contributed by atoms with Crippen LogP contribution < -0.4 is 0 Å². The lowest BCUT2D eigenvalue weighted by atomic mass is 10.2. The summed E-state index contributed by atoms with van der Waals surface area (Å²) in [4.78, 5) is 18.7. The van der Waals surface area contributed by atoms with Gasteiger partial charge < -0.3 is 10.2 Å².